The van der Waals surface area contributed by atoms with Crippen LogP contribution in [-0.2, 0) is 13.0 Å². The number of aromatic nitrogens is 1. The minimum absolute atomic E-state index is 0. The Morgan fingerprint density at radius 3 is 2.24 bits per heavy atom. The molecule has 8 nitrogen and oxygen atoms in total. The number of benzene rings is 2. The first-order chi connectivity index (χ1) is 15.6. The van der Waals surface area contributed by atoms with Crippen LogP contribution >= 0.6 is 24.0 Å². The molecule has 0 fully saturated rings. The van der Waals surface area contributed by atoms with Crippen molar-refractivity contribution in [3.8, 4) is 28.7 Å². The molecule has 3 aromatic rings. The molecule has 2 aromatic carbocycles. The van der Waals surface area contributed by atoms with Gasteiger partial charge in [-0.05, 0) is 25.5 Å². The van der Waals surface area contributed by atoms with E-state index in [0.717, 1.165) is 28.3 Å². The van der Waals surface area contributed by atoms with Crippen molar-refractivity contribution in [1.29, 1.82) is 0 Å². The molecule has 9 heteroatoms. The predicted octanol–water partition coefficient (Wildman–Crippen LogP) is 4.20. The third-order valence-corrected chi connectivity index (χ3v) is 5.00. The molecule has 178 valence electrons. The summed E-state index contributed by atoms with van der Waals surface area (Å²) in [5.41, 5.74) is 3.90. The highest BCUT2D eigenvalue weighted by Gasteiger charge is 2.13. The molecule has 0 bridgehead atoms. The second-order valence-corrected chi connectivity index (χ2v) is 7.12. The predicted molar refractivity (Wildman–Crippen MR) is 140 cm³/mol. The Kier molecular flexibility index (Phi) is 10.3. The van der Waals surface area contributed by atoms with Crippen LogP contribution in [0.1, 0.15) is 16.8 Å². The number of rotatable bonds is 9. The molecule has 0 amide bonds. The summed E-state index contributed by atoms with van der Waals surface area (Å²) >= 11 is 0. The normalized spacial score (nSPS) is 10.9. The molecule has 1 heterocycles. The number of hydrogen-bond donors (Lipinski definition) is 2. The molecule has 0 aliphatic carbocycles. The van der Waals surface area contributed by atoms with E-state index in [1.54, 1.807) is 34.6 Å². The van der Waals surface area contributed by atoms with Gasteiger partial charge >= 0.3 is 0 Å². The maximum absolute atomic E-state index is 5.62. The van der Waals surface area contributed by atoms with Gasteiger partial charge in [0.15, 0.2) is 5.96 Å². The van der Waals surface area contributed by atoms with Crippen molar-refractivity contribution in [2.45, 2.75) is 19.9 Å². The van der Waals surface area contributed by atoms with Gasteiger partial charge < -0.3 is 29.3 Å². The van der Waals surface area contributed by atoms with E-state index in [4.69, 9.17) is 18.6 Å². The smallest absolute Gasteiger partial charge is 0.226 e. The highest BCUT2D eigenvalue weighted by atomic mass is 127. The molecule has 0 radical (unpaired) electrons. The minimum Gasteiger partial charge on any atom is -0.496 e. The van der Waals surface area contributed by atoms with Crippen molar-refractivity contribution in [2.24, 2.45) is 4.99 Å². The number of aryl methyl sites for hydroxylation is 1. The van der Waals surface area contributed by atoms with Gasteiger partial charge in [-0.2, -0.15) is 0 Å². The number of nitrogens with one attached hydrogen (secondary N) is 2. The molecule has 0 saturated heterocycles. The summed E-state index contributed by atoms with van der Waals surface area (Å²) in [6.07, 6.45) is 2.33. The Morgan fingerprint density at radius 1 is 1.00 bits per heavy atom. The lowest BCUT2D eigenvalue weighted by Gasteiger charge is -2.16. The van der Waals surface area contributed by atoms with Crippen LogP contribution in [0.5, 0.6) is 17.2 Å². The van der Waals surface area contributed by atoms with Crippen LogP contribution in [0.25, 0.3) is 11.5 Å². The van der Waals surface area contributed by atoms with Gasteiger partial charge in [-0.1, -0.05) is 17.7 Å². The SMILES string of the molecule is CN=C(NCCc1c(OC)cc(OC)cc1OC)NCc1coc(-c2ccc(C)cc2)n1.I. The van der Waals surface area contributed by atoms with Gasteiger partial charge in [-0.25, -0.2) is 4.98 Å². The van der Waals surface area contributed by atoms with Crippen LogP contribution in [0.15, 0.2) is 52.1 Å². The average Bonchev–Trinajstić information content (AvgIpc) is 3.30. The fourth-order valence-electron chi connectivity index (χ4n) is 3.24. The largest absolute Gasteiger partial charge is 0.496 e. The lowest BCUT2D eigenvalue weighted by molar-refractivity contribution is 0.368. The molecule has 0 aliphatic heterocycles. The van der Waals surface area contributed by atoms with E-state index in [1.807, 2.05) is 43.3 Å². The van der Waals surface area contributed by atoms with Crippen molar-refractivity contribution in [3.05, 3.63) is 59.5 Å². The molecule has 3 rings (SSSR count). The van der Waals surface area contributed by atoms with Crippen LogP contribution in [0.4, 0.5) is 0 Å². The van der Waals surface area contributed by atoms with Gasteiger partial charge in [0.25, 0.3) is 0 Å². The Bertz CT molecular complexity index is 1030. The van der Waals surface area contributed by atoms with Crippen molar-refractivity contribution < 1.29 is 18.6 Å². The Hall–Kier alpha value is -2.95. The number of methoxy groups -OCH3 is 3. The van der Waals surface area contributed by atoms with Gasteiger partial charge in [0.1, 0.15) is 23.5 Å². The lowest BCUT2D eigenvalue weighted by atomic mass is 10.1. The van der Waals surface area contributed by atoms with Gasteiger partial charge in [0, 0.05) is 36.9 Å². The summed E-state index contributed by atoms with van der Waals surface area (Å²) in [7, 11) is 6.61. The fraction of sp³-hybridized carbons (Fsp3) is 0.333. The van der Waals surface area contributed by atoms with Crippen LogP contribution in [0.3, 0.4) is 0 Å². The van der Waals surface area contributed by atoms with E-state index < -0.39 is 0 Å². The number of halogens is 1. The monoisotopic (exact) mass is 566 g/mol. The summed E-state index contributed by atoms with van der Waals surface area (Å²) in [5, 5.41) is 6.56. The molecule has 2 N–H and O–H groups in total. The molecular formula is C24H31IN4O4. The topological polar surface area (TPSA) is 90.1 Å². The zero-order chi connectivity index (χ0) is 22.9. The molecule has 1 aromatic heterocycles. The quantitative estimate of drug-likeness (QED) is 0.228. The molecule has 33 heavy (non-hydrogen) atoms. The first-order valence-corrected chi connectivity index (χ1v) is 10.3. The zero-order valence-corrected chi connectivity index (χ0v) is 21.9. The summed E-state index contributed by atoms with van der Waals surface area (Å²) in [6.45, 7) is 3.17. The van der Waals surface area contributed by atoms with Crippen LogP contribution < -0.4 is 24.8 Å². The van der Waals surface area contributed by atoms with E-state index >= 15 is 0 Å². The standard InChI is InChI=1S/C24H30N4O4.HI/c1-16-6-8-17(9-7-16)23-28-18(15-32-23)14-27-24(25-2)26-11-10-20-21(30-4)12-19(29-3)13-22(20)31-5;/h6-9,12-13,15H,10-11,14H2,1-5H3,(H2,25,26,27);1H. The van der Waals surface area contributed by atoms with E-state index in [0.29, 0.717) is 37.1 Å². The second kappa shape index (κ2) is 12.9. The Balaban J connectivity index is 0.00000385. The number of aliphatic imine (C=N–C) groups is 1. The molecule has 0 aliphatic rings. The van der Waals surface area contributed by atoms with Crippen molar-refractivity contribution in [2.75, 3.05) is 34.9 Å². The van der Waals surface area contributed by atoms with E-state index in [2.05, 4.69) is 20.6 Å². The average molecular weight is 566 g/mol. The van der Waals surface area contributed by atoms with Gasteiger partial charge in [-0.3, -0.25) is 4.99 Å². The van der Waals surface area contributed by atoms with E-state index in [-0.39, 0.29) is 24.0 Å². The summed E-state index contributed by atoms with van der Waals surface area (Å²) in [5.74, 6) is 3.39. The van der Waals surface area contributed by atoms with E-state index in [1.165, 1.54) is 5.56 Å². The van der Waals surface area contributed by atoms with Gasteiger partial charge in [-0.15, -0.1) is 24.0 Å². The maximum atomic E-state index is 5.62. The summed E-state index contributed by atoms with van der Waals surface area (Å²) < 4.78 is 21.9. The minimum atomic E-state index is 0. The third kappa shape index (κ3) is 7.01. The highest BCUT2D eigenvalue weighted by molar-refractivity contribution is 14.0. The lowest BCUT2D eigenvalue weighted by Crippen LogP contribution is -2.38. The van der Waals surface area contributed by atoms with Crippen molar-refractivity contribution in [3.63, 3.8) is 0 Å². The first kappa shape index (κ1) is 26.3. The highest BCUT2D eigenvalue weighted by Crippen LogP contribution is 2.34. The number of ether oxygens (including phenoxy) is 3. The summed E-state index contributed by atoms with van der Waals surface area (Å²) in [6, 6.07) is 11.8. The van der Waals surface area contributed by atoms with Crippen LogP contribution in [-0.4, -0.2) is 45.9 Å². The van der Waals surface area contributed by atoms with Crippen molar-refractivity contribution in [1.82, 2.24) is 15.6 Å². The maximum Gasteiger partial charge on any atom is 0.226 e. The molecular weight excluding hydrogens is 535 g/mol. The van der Waals surface area contributed by atoms with Crippen molar-refractivity contribution >= 4 is 29.9 Å². The Morgan fingerprint density at radius 2 is 1.67 bits per heavy atom. The molecule has 0 saturated carbocycles. The molecule has 0 spiro atoms. The zero-order valence-electron chi connectivity index (χ0n) is 19.6. The number of guanidine groups is 1. The summed E-state index contributed by atoms with van der Waals surface area (Å²) in [4.78, 5) is 8.82. The Labute approximate surface area is 211 Å². The number of hydrogen-bond acceptors (Lipinski definition) is 6. The van der Waals surface area contributed by atoms with E-state index in [9.17, 15) is 0 Å². The molecule has 0 atom stereocenters. The number of oxazole rings is 1. The van der Waals surface area contributed by atoms with Gasteiger partial charge in [0.05, 0.1) is 33.6 Å². The third-order valence-electron chi connectivity index (χ3n) is 5.00. The van der Waals surface area contributed by atoms with Crippen LogP contribution in [0, 0.1) is 6.92 Å². The first-order valence-electron chi connectivity index (χ1n) is 10.3. The molecule has 0 unspecified atom stereocenters. The second-order valence-electron chi connectivity index (χ2n) is 7.12. The van der Waals surface area contributed by atoms with Gasteiger partial charge in [0.2, 0.25) is 5.89 Å². The fourth-order valence-corrected chi connectivity index (χ4v) is 3.24. The number of nitrogens with zero attached hydrogens (tertiary/aromatic N) is 2. The van der Waals surface area contributed by atoms with Crippen LogP contribution in [0.2, 0.25) is 0 Å².